The number of esters is 1. The van der Waals surface area contributed by atoms with Gasteiger partial charge in [-0.3, -0.25) is 4.98 Å². The highest BCUT2D eigenvalue weighted by Crippen LogP contribution is 2.11. The Morgan fingerprint density at radius 2 is 1.80 bits per heavy atom. The maximum Gasteiger partial charge on any atom is 0.330 e. The van der Waals surface area contributed by atoms with Crippen molar-refractivity contribution in [2.45, 2.75) is 0 Å². The molecule has 0 N–H and O–H groups in total. The molecule has 2 aromatic carbocycles. The van der Waals surface area contributed by atoms with Crippen molar-refractivity contribution in [3.8, 4) is 5.75 Å². The second kappa shape index (κ2) is 8.01. The molecule has 1 heterocycles. The van der Waals surface area contributed by atoms with E-state index in [-0.39, 0.29) is 19.0 Å². The number of benzene rings is 2. The fourth-order valence-electron chi connectivity index (χ4n) is 2.09. The van der Waals surface area contributed by atoms with E-state index in [9.17, 15) is 9.18 Å². The first-order valence-corrected chi connectivity index (χ1v) is 7.66. The third-order valence-corrected chi connectivity index (χ3v) is 3.27. The minimum atomic E-state index is -0.502. The quantitative estimate of drug-likeness (QED) is 0.392. The summed E-state index contributed by atoms with van der Waals surface area (Å²) in [4.78, 5) is 20.3. The van der Waals surface area contributed by atoms with Crippen LogP contribution in [0.5, 0.6) is 5.75 Å². The number of rotatable bonds is 6. The maximum absolute atomic E-state index is 12.7. The van der Waals surface area contributed by atoms with Gasteiger partial charge in [-0.1, -0.05) is 12.1 Å². The molecule has 0 amide bonds. The first kappa shape index (κ1) is 16.6. The molecular weight excluding hydrogens is 323 g/mol. The molecule has 3 aromatic rings. The number of hydrogen-bond acceptors (Lipinski definition) is 5. The standard InChI is InChI=1S/C19H15FN2O3/c20-14-5-8-16(9-6-14)24-11-12-25-19(23)10-7-15-13-21-17-3-1-2-4-18(17)22-15/h1-10,13H,11-12H2/b10-7+. The normalized spacial score (nSPS) is 10.9. The number of carbonyl (C=O) groups excluding carboxylic acids is 1. The monoisotopic (exact) mass is 338 g/mol. The lowest BCUT2D eigenvalue weighted by molar-refractivity contribution is -0.138. The van der Waals surface area contributed by atoms with Gasteiger partial charge < -0.3 is 9.47 Å². The Hall–Kier alpha value is -3.28. The summed E-state index contributed by atoms with van der Waals surface area (Å²) in [5.74, 6) is -0.321. The average molecular weight is 338 g/mol. The van der Waals surface area contributed by atoms with Crippen LogP contribution in [0.15, 0.2) is 60.8 Å². The van der Waals surface area contributed by atoms with Gasteiger partial charge in [0.25, 0.3) is 0 Å². The van der Waals surface area contributed by atoms with E-state index in [0.717, 1.165) is 11.0 Å². The molecule has 25 heavy (non-hydrogen) atoms. The molecule has 0 saturated carbocycles. The molecule has 5 nitrogen and oxygen atoms in total. The second-order valence-corrected chi connectivity index (χ2v) is 5.09. The molecule has 6 heteroatoms. The predicted molar refractivity (Wildman–Crippen MR) is 91.4 cm³/mol. The lowest BCUT2D eigenvalue weighted by atomic mass is 10.3. The summed E-state index contributed by atoms with van der Waals surface area (Å²) in [6, 6.07) is 13.1. The molecule has 0 fully saturated rings. The predicted octanol–water partition coefficient (Wildman–Crippen LogP) is 3.40. The fraction of sp³-hybridized carbons (Fsp3) is 0.105. The van der Waals surface area contributed by atoms with Crippen molar-refractivity contribution < 1.29 is 18.7 Å². The van der Waals surface area contributed by atoms with Gasteiger partial charge in [0.2, 0.25) is 0 Å². The van der Waals surface area contributed by atoms with Crippen molar-refractivity contribution in [3.05, 3.63) is 72.3 Å². The number of nitrogens with zero attached hydrogens (tertiary/aromatic N) is 2. The van der Waals surface area contributed by atoms with Gasteiger partial charge in [0.1, 0.15) is 24.8 Å². The molecule has 0 radical (unpaired) electrons. The van der Waals surface area contributed by atoms with Gasteiger partial charge in [0.15, 0.2) is 0 Å². The molecule has 0 aliphatic heterocycles. The summed E-state index contributed by atoms with van der Waals surface area (Å²) in [6.45, 7) is 0.269. The van der Waals surface area contributed by atoms with E-state index >= 15 is 0 Å². The Bertz CT molecular complexity index is 895. The van der Waals surface area contributed by atoms with Crippen molar-refractivity contribution in [2.75, 3.05) is 13.2 Å². The highest BCUT2D eigenvalue weighted by Gasteiger charge is 2.00. The summed E-state index contributed by atoms with van der Waals surface area (Å²) < 4.78 is 23.1. The second-order valence-electron chi connectivity index (χ2n) is 5.09. The summed E-state index contributed by atoms with van der Waals surface area (Å²) in [7, 11) is 0. The van der Waals surface area contributed by atoms with E-state index in [1.165, 1.54) is 30.3 Å². The molecule has 0 aliphatic rings. The van der Waals surface area contributed by atoms with Crippen LogP contribution in [0.1, 0.15) is 5.69 Å². The number of para-hydroxylation sites is 2. The van der Waals surface area contributed by atoms with E-state index in [4.69, 9.17) is 9.47 Å². The topological polar surface area (TPSA) is 61.3 Å². The lowest BCUT2D eigenvalue weighted by Gasteiger charge is -2.05. The molecule has 0 aliphatic carbocycles. The molecular formula is C19H15FN2O3. The van der Waals surface area contributed by atoms with Crippen LogP contribution in [-0.2, 0) is 9.53 Å². The molecule has 3 rings (SSSR count). The van der Waals surface area contributed by atoms with E-state index in [2.05, 4.69) is 9.97 Å². The van der Waals surface area contributed by atoms with E-state index in [1.54, 1.807) is 12.3 Å². The van der Waals surface area contributed by atoms with Gasteiger partial charge in [-0.05, 0) is 42.5 Å². The van der Waals surface area contributed by atoms with Crippen LogP contribution in [0.25, 0.3) is 17.1 Å². The highest BCUT2D eigenvalue weighted by atomic mass is 19.1. The minimum absolute atomic E-state index is 0.0873. The third kappa shape index (κ3) is 4.84. The summed E-state index contributed by atoms with van der Waals surface area (Å²) >= 11 is 0. The molecule has 1 aromatic heterocycles. The van der Waals surface area contributed by atoms with Crippen molar-refractivity contribution in [3.63, 3.8) is 0 Å². The molecule has 0 saturated heterocycles. The summed E-state index contributed by atoms with van der Waals surface area (Å²) in [6.07, 6.45) is 4.42. The van der Waals surface area contributed by atoms with Crippen LogP contribution in [0.4, 0.5) is 4.39 Å². The Labute approximate surface area is 143 Å². The average Bonchev–Trinajstić information content (AvgIpc) is 2.65. The van der Waals surface area contributed by atoms with Crippen molar-refractivity contribution >= 4 is 23.1 Å². The van der Waals surface area contributed by atoms with Gasteiger partial charge in [0, 0.05) is 6.08 Å². The number of halogens is 1. The zero-order valence-electron chi connectivity index (χ0n) is 13.3. The first-order valence-electron chi connectivity index (χ1n) is 7.66. The van der Waals surface area contributed by atoms with Crippen LogP contribution in [0.3, 0.4) is 0 Å². The van der Waals surface area contributed by atoms with Crippen LogP contribution in [0, 0.1) is 5.82 Å². The fourth-order valence-corrected chi connectivity index (χ4v) is 2.09. The molecule has 0 unspecified atom stereocenters. The smallest absolute Gasteiger partial charge is 0.330 e. The van der Waals surface area contributed by atoms with E-state index < -0.39 is 5.97 Å². The Balaban J connectivity index is 1.46. The van der Waals surface area contributed by atoms with Gasteiger partial charge in [-0.2, -0.15) is 0 Å². The molecule has 126 valence electrons. The molecule has 0 atom stereocenters. The molecule has 0 spiro atoms. The van der Waals surface area contributed by atoms with Crippen LogP contribution >= 0.6 is 0 Å². The Morgan fingerprint density at radius 1 is 1.04 bits per heavy atom. The third-order valence-electron chi connectivity index (χ3n) is 3.27. The van der Waals surface area contributed by atoms with Gasteiger partial charge in [-0.25, -0.2) is 14.2 Å². The van der Waals surface area contributed by atoms with Crippen LogP contribution < -0.4 is 4.74 Å². The maximum atomic E-state index is 12.7. The zero-order chi connectivity index (χ0) is 17.5. The minimum Gasteiger partial charge on any atom is -0.490 e. The van der Waals surface area contributed by atoms with Gasteiger partial charge in [-0.15, -0.1) is 0 Å². The first-order chi connectivity index (χ1) is 12.2. The largest absolute Gasteiger partial charge is 0.490 e. The van der Waals surface area contributed by atoms with Gasteiger partial charge >= 0.3 is 5.97 Å². The number of fused-ring (bicyclic) bond motifs is 1. The Kier molecular flexibility index (Phi) is 5.31. The van der Waals surface area contributed by atoms with E-state index in [0.29, 0.717) is 11.4 Å². The van der Waals surface area contributed by atoms with Crippen molar-refractivity contribution in [1.29, 1.82) is 0 Å². The zero-order valence-corrected chi connectivity index (χ0v) is 13.3. The lowest BCUT2D eigenvalue weighted by Crippen LogP contribution is -2.10. The SMILES string of the molecule is O=C(/C=C/c1cnc2ccccc2n1)OCCOc1ccc(F)cc1. The van der Waals surface area contributed by atoms with Crippen LogP contribution in [-0.4, -0.2) is 29.2 Å². The number of ether oxygens (including phenoxy) is 2. The highest BCUT2D eigenvalue weighted by molar-refractivity contribution is 5.87. The van der Waals surface area contributed by atoms with Gasteiger partial charge in [0.05, 0.1) is 22.9 Å². The van der Waals surface area contributed by atoms with Crippen LogP contribution in [0.2, 0.25) is 0 Å². The summed E-state index contributed by atoms with van der Waals surface area (Å²) in [5.41, 5.74) is 2.11. The molecule has 0 bridgehead atoms. The van der Waals surface area contributed by atoms with E-state index in [1.807, 2.05) is 24.3 Å². The number of aromatic nitrogens is 2. The number of carbonyl (C=O) groups is 1. The van der Waals surface area contributed by atoms with Crippen molar-refractivity contribution in [1.82, 2.24) is 9.97 Å². The Morgan fingerprint density at radius 3 is 2.60 bits per heavy atom. The summed E-state index contributed by atoms with van der Waals surface area (Å²) in [5, 5.41) is 0. The number of hydrogen-bond donors (Lipinski definition) is 0. The van der Waals surface area contributed by atoms with Crippen molar-refractivity contribution in [2.24, 2.45) is 0 Å².